The molecule has 3 N–H and O–H groups in total. The molecule has 0 saturated heterocycles. The van der Waals surface area contributed by atoms with Gasteiger partial charge in [-0.1, -0.05) is 12.1 Å². The number of para-hydroxylation sites is 1. The summed E-state index contributed by atoms with van der Waals surface area (Å²) >= 11 is 0. The Balaban J connectivity index is 2.55. The summed E-state index contributed by atoms with van der Waals surface area (Å²) in [6.07, 6.45) is 0. The van der Waals surface area contributed by atoms with E-state index in [2.05, 4.69) is 10.6 Å². The highest BCUT2D eigenvalue weighted by molar-refractivity contribution is 5.93. The molecule has 1 atom stereocenters. The molecule has 6 heteroatoms. The maximum atomic E-state index is 11.5. The van der Waals surface area contributed by atoms with Crippen LogP contribution in [-0.2, 0) is 9.59 Å². The average Bonchev–Trinajstić information content (AvgIpc) is 2.36. The van der Waals surface area contributed by atoms with Crippen molar-refractivity contribution in [1.29, 1.82) is 5.26 Å². The molecule has 0 aliphatic carbocycles. The Morgan fingerprint density at radius 3 is 2.72 bits per heavy atom. The fourth-order valence-corrected chi connectivity index (χ4v) is 1.22. The van der Waals surface area contributed by atoms with Crippen LogP contribution in [0.25, 0.3) is 0 Å². The molecule has 0 fully saturated rings. The van der Waals surface area contributed by atoms with Crippen molar-refractivity contribution in [3.8, 4) is 6.07 Å². The topological polar surface area (TPSA) is 102 Å². The highest BCUT2D eigenvalue weighted by Gasteiger charge is 2.12. The standard InChI is InChI=1S/C12H13N3O3/c1-8(12(17)18)14-7-11(16)15-10-5-3-2-4-9(10)6-13/h2-5,8,14H,7H2,1H3,(H,15,16)(H,17,18). The number of nitrogens with one attached hydrogen (secondary N) is 2. The molecule has 0 bridgehead atoms. The van der Waals surface area contributed by atoms with Gasteiger partial charge in [0.1, 0.15) is 12.1 Å². The number of carboxylic acid groups (broad SMARTS) is 1. The van der Waals surface area contributed by atoms with Crippen LogP contribution in [0.2, 0.25) is 0 Å². The van der Waals surface area contributed by atoms with Gasteiger partial charge in [0.15, 0.2) is 0 Å². The van der Waals surface area contributed by atoms with Gasteiger partial charge >= 0.3 is 5.97 Å². The highest BCUT2D eigenvalue weighted by Crippen LogP contribution is 2.12. The lowest BCUT2D eigenvalue weighted by Crippen LogP contribution is -2.39. The Morgan fingerprint density at radius 2 is 2.11 bits per heavy atom. The van der Waals surface area contributed by atoms with Crippen molar-refractivity contribution in [3.05, 3.63) is 29.8 Å². The van der Waals surface area contributed by atoms with Crippen LogP contribution in [0.4, 0.5) is 5.69 Å². The molecule has 1 unspecified atom stereocenters. The van der Waals surface area contributed by atoms with E-state index in [1.165, 1.54) is 6.92 Å². The van der Waals surface area contributed by atoms with E-state index in [4.69, 9.17) is 10.4 Å². The number of aliphatic carboxylic acids is 1. The Labute approximate surface area is 104 Å². The van der Waals surface area contributed by atoms with Crippen molar-refractivity contribution >= 4 is 17.6 Å². The lowest BCUT2D eigenvalue weighted by Gasteiger charge is -2.10. The number of carboxylic acids is 1. The first-order chi connectivity index (χ1) is 8.54. The summed E-state index contributed by atoms with van der Waals surface area (Å²) in [6, 6.07) is 7.74. The maximum absolute atomic E-state index is 11.5. The van der Waals surface area contributed by atoms with E-state index in [-0.39, 0.29) is 6.54 Å². The van der Waals surface area contributed by atoms with Crippen LogP contribution in [0.15, 0.2) is 24.3 Å². The predicted molar refractivity (Wildman–Crippen MR) is 64.9 cm³/mol. The van der Waals surface area contributed by atoms with E-state index in [1.807, 2.05) is 6.07 Å². The SMILES string of the molecule is CC(NCC(=O)Nc1ccccc1C#N)C(=O)O. The molecule has 18 heavy (non-hydrogen) atoms. The van der Waals surface area contributed by atoms with Gasteiger partial charge in [-0.25, -0.2) is 0 Å². The van der Waals surface area contributed by atoms with Crippen LogP contribution in [0.3, 0.4) is 0 Å². The zero-order valence-corrected chi connectivity index (χ0v) is 9.80. The predicted octanol–water partition coefficient (Wildman–Crippen LogP) is 0.559. The second-order valence-corrected chi connectivity index (χ2v) is 3.65. The van der Waals surface area contributed by atoms with E-state index >= 15 is 0 Å². The largest absolute Gasteiger partial charge is 0.480 e. The van der Waals surface area contributed by atoms with Crippen LogP contribution in [-0.4, -0.2) is 29.6 Å². The Morgan fingerprint density at radius 1 is 1.44 bits per heavy atom. The van der Waals surface area contributed by atoms with Crippen LogP contribution >= 0.6 is 0 Å². The molecule has 1 amide bonds. The fourth-order valence-electron chi connectivity index (χ4n) is 1.22. The number of rotatable bonds is 5. The molecule has 0 aliphatic rings. The number of anilines is 1. The fraction of sp³-hybridized carbons (Fsp3) is 0.250. The number of nitriles is 1. The van der Waals surface area contributed by atoms with Gasteiger partial charge in [0.05, 0.1) is 17.8 Å². The van der Waals surface area contributed by atoms with E-state index < -0.39 is 17.9 Å². The summed E-state index contributed by atoms with van der Waals surface area (Å²) in [5.41, 5.74) is 0.770. The van der Waals surface area contributed by atoms with Gasteiger partial charge in [0.25, 0.3) is 0 Å². The van der Waals surface area contributed by atoms with Crippen molar-refractivity contribution in [3.63, 3.8) is 0 Å². The summed E-state index contributed by atoms with van der Waals surface area (Å²) in [6.45, 7) is 1.31. The smallest absolute Gasteiger partial charge is 0.320 e. The molecule has 94 valence electrons. The molecule has 0 spiro atoms. The molecule has 6 nitrogen and oxygen atoms in total. The molecule has 1 aromatic rings. The van der Waals surface area contributed by atoms with Crippen LogP contribution < -0.4 is 10.6 Å². The van der Waals surface area contributed by atoms with E-state index in [0.717, 1.165) is 0 Å². The highest BCUT2D eigenvalue weighted by atomic mass is 16.4. The summed E-state index contributed by atoms with van der Waals surface area (Å²) < 4.78 is 0. The number of hydrogen-bond donors (Lipinski definition) is 3. The second-order valence-electron chi connectivity index (χ2n) is 3.65. The minimum atomic E-state index is -1.03. The van der Waals surface area contributed by atoms with Crippen LogP contribution in [0.1, 0.15) is 12.5 Å². The van der Waals surface area contributed by atoms with Crippen molar-refractivity contribution in [2.75, 3.05) is 11.9 Å². The number of carbonyl (C=O) groups is 2. The van der Waals surface area contributed by atoms with Crippen molar-refractivity contribution < 1.29 is 14.7 Å². The number of benzene rings is 1. The number of amides is 1. The molecule has 0 aromatic heterocycles. The first-order valence-corrected chi connectivity index (χ1v) is 5.29. The van der Waals surface area contributed by atoms with Gasteiger partial charge in [0.2, 0.25) is 5.91 Å². The lowest BCUT2D eigenvalue weighted by atomic mass is 10.2. The van der Waals surface area contributed by atoms with E-state index in [9.17, 15) is 9.59 Å². The van der Waals surface area contributed by atoms with Crippen molar-refractivity contribution in [2.45, 2.75) is 13.0 Å². The molecular weight excluding hydrogens is 234 g/mol. The molecule has 1 rings (SSSR count). The van der Waals surface area contributed by atoms with Gasteiger partial charge in [-0.05, 0) is 19.1 Å². The quantitative estimate of drug-likeness (QED) is 0.705. The Kier molecular flexibility index (Phi) is 4.84. The minimum Gasteiger partial charge on any atom is -0.480 e. The molecule has 1 aromatic carbocycles. The van der Waals surface area contributed by atoms with Crippen molar-refractivity contribution in [1.82, 2.24) is 5.32 Å². The first kappa shape index (κ1) is 13.7. The summed E-state index contributed by atoms with van der Waals surface area (Å²) in [5.74, 6) is -1.42. The number of hydrogen-bond acceptors (Lipinski definition) is 4. The minimum absolute atomic E-state index is 0.132. The van der Waals surface area contributed by atoms with Gasteiger partial charge in [-0.15, -0.1) is 0 Å². The Hall–Kier alpha value is -2.39. The third kappa shape index (κ3) is 3.88. The normalized spacial score (nSPS) is 11.3. The molecule has 0 saturated carbocycles. The van der Waals surface area contributed by atoms with Crippen LogP contribution in [0, 0.1) is 11.3 Å². The second kappa shape index (κ2) is 6.37. The lowest BCUT2D eigenvalue weighted by molar-refractivity contribution is -0.139. The maximum Gasteiger partial charge on any atom is 0.320 e. The van der Waals surface area contributed by atoms with Gasteiger partial charge in [-0.3, -0.25) is 14.9 Å². The summed E-state index contributed by atoms with van der Waals surface area (Å²) in [7, 11) is 0. The third-order valence-corrected chi connectivity index (χ3v) is 2.26. The van der Waals surface area contributed by atoms with E-state index in [0.29, 0.717) is 11.3 Å². The van der Waals surface area contributed by atoms with E-state index in [1.54, 1.807) is 24.3 Å². The zero-order valence-electron chi connectivity index (χ0n) is 9.80. The average molecular weight is 247 g/mol. The monoisotopic (exact) mass is 247 g/mol. The first-order valence-electron chi connectivity index (χ1n) is 5.29. The van der Waals surface area contributed by atoms with Gasteiger partial charge < -0.3 is 10.4 Å². The van der Waals surface area contributed by atoms with Gasteiger partial charge in [0, 0.05) is 0 Å². The van der Waals surface area contributed by atoms with Crippen molar-refractivity contribution in [2.24, 2.45) is 0 Å². The summed E-state index contributed by atoms with van der Waals surface area (Å²) in [5, 5.41) is 22.5. The zero-order chi connectivity index (χ0) is 13.5. The van der Waals surface area contributed by atoms with Crippen LogP contribution in [0.5, 0.6) is 0 Å². The number of carbonyl (C=O) groups excluding carboxylic acids is 1. The van der Waals surface area contributed by atoms with Gasteiger partial charge in [-0.2, -0.15) is 5.26 Å². The molecule has 0 radical (unpaired) electrons. The molecular formula is C12H13N3O3. The molecule has 0 heterocycles. The summed E-state index contributed by atoms with van der Waals surface area (Å²) in [4.78, 5) is 22.1. The number of nitrogens with zero attached hydrogens (tertiary/aromatic N) is 1. The third-order valence-electron chi connectivity index (χ3n) is 2.26. The molecule has 0 aliphatic heterocycles. The Bertz CT molecular complexity index is 494.